The van der Waals surface area contributed by atoms with Gasteiger partial charge in [0.25, 0.3) is 0 Å². The zero-order valence-corrected chi connectivity index (χ0v) is 10.6. The van der Waals surface area contributed by atoms with Crippen molar-refractivity contribution in [2.75, 3.05) is 13.1 Å². The summed E-state index contributed by atoms with van der Waals surface area (Å²) >= 11 is 0. The first-order valence-electron chi connectivity index (χ1n) is 6.11. The summed E-state index contributed by atoms with van der Waals surface area (Å²) in [6.45, 7) is 6.96. The summed E-state index contributed by atoms with van der Waals surface area (Å²) < 4.78 is 0. The molecule has 0 radical (unpaired) electrons. The molecule has 2 saturated heterocycles. The van der Waals surface area contributed by atoms with E-state index in [0.717, 1.165) is 24.9 Å². The van der Waals surface area contributed by atoms with Crippen molar-refractivity contribution >= 4 is 20.9 Å². The highest BCUT2D eigenvalue weighted by Crippen LogP contribution is 2.13. The molecule has 2 aliphatic rings. The summed E-state index contributed by atoms with van der Waals surface area (Å²) in [5.74, 6) is 1.69. The van der Waals surface area contributed by atoms with Crippen molar-refractivity contribution in [1.82, 2.24) is 10.6 Å². The Morgan fingerprint density at radius 3 is 1.73 bits per heavy atom. The van der Waals surface area contributed by atoms with Gasteiger partial charge in [0, 0.05) is 23.1 Å². The molecule has 3 heteroatoms. The molecule has 15 heavy (non-hydrogen) atoms. The van der Waals surface area contributed by atoms with Gasteiger partial charge in [-0.3, -0.25) is 10.6 Å². The van der Waals surface area contributed by atoms with Crippen LogP contribution in [0.4, 0.5) is 0 Å². The molecule has 2 atom stereocenters. The second kappa shape index (κ2) is 5.28. The molecule has 0 aromatic heterocycles. The monoisotopic (exact) mass is 226 g/mol. The third kappa shape index (κ3) is 3.44. The molecule has 0 bridgehead atoms. The number of hydrogen-bond acceptors (Lipinski definition) is 0. The fraction of sp³-hybridized carbons (Fsp3) is 0.833. The maximum absolute atomic E-state index is 3.55. The first-order chi connectivity index (χ1) is 7.24. The van der Waals surface area contributed by atoms with Crippen LogP contribution in [-0.2, 0) is 0 Å². The fourth-order valence-electron chi connectivity index (χ4n) is 2.03. The quantitative estimate of drug-likeness (QED) is 0.618. The van der Waals surface area contributed by atoms with E-state index in [1.54, 1.807) is 0 Å². The maximum atomic E-state index is 3.55. The Morgan fingerprint density at radius 1 is 0.933 bits per heavy atom. The SMILES string of the molecule is CC1CCC(=S=C2CCC(C)CN2)NC1. The maximum Gasteiger partial charge on any atom is 0.0463 e. The van der Waals surface area contributed by atoms with Crippen molar-refractivity contribution in [3.05, 3.63) is 0 Å². The van der Waals surface area contributed by atoms with Gasteiger partial charge >= 0.3 is 0 Å². The third-order valence-electron chi connectivity index (χ3n) is 3.27. The standard InChI is InChI=1S/C12H22N2S/c1-9-3-5-11(13-7-9)15-12-6-4-10(2)8-14-12/h9-10,13-14H,3-8H2,1-2H3. The zero-order chi connectivity index (χ0) is 10.7. The van der Waals surface area contributed by atoms with E-state index in [4.69, 9.17) is 0 Å². The van der Waals surface area contributed by atoms with Gasteiger partial charge in [0.05, 0.1) is 0 Å². The Labute approximate surface area is 96.4 Å². The van der Waals surface area contributed by atoms with Crippen molar-refractivity contribution in [2.45, 2.75) is 39.5 Å². The Balaban J connectivity index is 1.98. The summed E-state index contributed by atoms with van der Waals surface area (Å²) in [4.78, 5) is 2.95. The minimum atomic E-state index is 0.846. The fourth-order valence-corrected chi connectivity index (χ4v) is 3.08. The van der Waals surface area contributed by atoms with Crippen LogP contribution >= 0.6 is 10.9 Å². The number of piperidine rings is 2. The molecule has 0 aromatic rings. The topological polar surface area (TPSA) is 24.1 Å². The second-order valence-corrected chi connectivity index (χ2v) is 6.19. The lowest BCUT2D eigenvalue weighted by Gasteiger charge is -2.22. The Bertz CT molecular complexity index is 246. The van der Waals surface area contributed by atoms with Gasteiger partial charge in [-0.05, 0) is 37.5 Å². The number of nitrogens with one attached hydrogen (secondary N) is 2. The third-order valence-corrected chi connectivity index (χ3v) is 4.46. The first-order valence-corrected chi connectivity index (χ1v) is 6.93. The predicted octanol–water partition coefficient (Wildman–Crippen LogP) is 2.02. The summed E-state index contributed by atoms with van der Waals surface area (Å²) in [5, 5.41) is 7.09. The summed E-state index contributed by atoms with van der Waals surface area (Å²) in [7, 11) is 1.96. The van der Waals surface area contributed by atoms with Crippen LogP contribution in [0.1, 0.15) is 39.5 Å². The molecule has 0 saturated carbocycles. The minimum absolute atomic E-state index is 0.846. The molecule has 2 heterocycles. The van der Waals surface area contributed by atoms with E-state index in [0.29, 0.717) is 0 Å². The Kier molecular flexibility index (Phi) is 4.00. The summed E-state index contributed by atoms with van der Waals surface area (Å²) in [6, 6.07) is 0. The molecular weight excluding hydrogens is 204 g/mol. The van der Waals surface area contributed by atoms with E-state index in [1.165, 1.54) is 35.7 Å². The van der Waals surface area contributed by atoms with Crippen molar-refractivity contribution in [2.24, 2.45) is 11.8 Å². The van der Waals surface area contributed by atoms with E-state index in [2.05, 4.69) is 24.5 Å². The molecule has 2 rings (SSSR count). The van der Waals surface area contributed by atoms with Crippen molar-refractivity contribution < 1.29 is 0 Å². The molecule has 2 unspecified atom stereocenters. The normalized spacial score (nSPS) is 32.9. The van der Waals surface area contributed by atoms with Gasteiger partial charge in [-0.2, -0.15) is 0 Å². The van der Waals surface area contributed by atoms with Crippen LogP contribution in [-0.4, -0.2) is 23.1 Å². The van der Waals surface area contributed by atoms with Gasteiger partial charge in [-0.25, -0.2) is 0 Å². The molecule has 0 aliphatic carbocycles. The molecule has 2 aliphatic heterocycles. The van der Waals surface area contributed by atoms with E-state index in [-0.39, 0.29) is 0 Å². The second-order valence-electron chi connectivity index (χ2n) is 5.00. The Morgan fingerprint density at radius 2 is 1.40 bits per heavy atom. The molecule has 0 spiro atoms. The minimum Gasteiger partial charge on any atom is -0.283 e. The van der Waals surface area contributed by atoms with Crippen LogP contribution in [0.5, 0.6) is 0 Å². The van der Waals surface area contributed by atoms with Gasteiger partial charge in [-0.15, -0.1) is 10.9 Å². The molecule has 2 fully saturated rings. The van der Waals surface area contributed by atoms with Crippen LogP contribution in [0.25, 0.3) is 0 Å². The van der Waals surface area contributed by atoms with Gasteiger partial charge in [-0.1, -0.05) is 13.8 Å². The van der Waals surface area contributed by atoms with Gasteiger partial charge in [0.1, 0.15) is 0 Å². The highest BCUT2D eigenvalue weighted by atomic mass is 32.1. The lowest BCUT2D eigenvalue weighted by atomic mass is 10.0. The van der Waals surface area contributed by atoms with E-state index >= 15 is 0 Å². The van der Waals surface area contributed by atoms with Gasteiger partial charge < -0.3 is 0 Å². The zero-order valence-electron chi connectivity index (χ0n) is 9.81. The van der Waals surface area contributed by atoms with Crippen LogP contribution in [0.15, 0.2) is 0 Å². The van der Waals surface area contributed by atoms with Crippen molar-refractivity contribution in [3.8, 4) is 0 Å². The van der Waals surface area contributed by atoms with E-state index < -0.39 is 0 Å². The van der Waals surface area contributed by atoms with Gasteiger partial charge in [0.15, 0.2) is 0 Å². The lowest BCUT2D eigenvalue weighted by molar-refractivity contribution is 0.500. The van der Waals surface area contributed by atoms with Crippen LogP contribution < -0.4 is 10.6 Å². The highest BCUT2D eigenvalue weighted by molar-refractivity contribution is 7.98. The van der Waals surface area contributed by atoms with Crippen LogP contribution in [0.2, 0.25) is 0 Å². The molecule has 2 nitrogen and oxygen atoms in total. The molecule has 2 N–H and O–H groups in total. The predicted molar refractivity (Wildman–Crippen MR) is 70.4 cm³/mol. The number of rotatable bonds is 0. The van der Waals surface area contributed by atoms with Gasteiger partial charge in [0.2, 0.25) is 0 Å². The van der Waals surface area contributed by atoms with Crippen molar-refractivity contribution in [1.29, 1.82) is 0 Å². The molecular formula is C12H22N2S. The van der Waals surface area contributed by atoms with E-state index in [9.17, 15) is 0 Å². The summed E-state index contributed by atoms with van der Waals surface area (Å²) in [5.41, 5.74) is 0. The van der Waals surface area contributed by atoms with Crippen molar-refractivity contribution in [3.63, 3.8) is 0 Å². The number of hydrogen-bond donors (Lipinski definition) is 2. The average Bonchev–Trinajstić information content (AvgIpc) is 2.25. The summed E-state index contributed by atoms with van der Waals surface area (Å²) in [6.07, 6.45) is 5.18. The first kappa shape index (κ1) is 11.4. The van der Waals surface area contributed by atoms with Crippen LogP contribution in [0.3, 0.4) is 0 Å². The largest absolute Gasteiger partial charge is 0.283 e. The lowest BCUT2D eigenvalue weighted by Crippen LogP contribution is -2.35. The molecule has 86 valence electrons. The molecule has 0 aromatic carbocycles. The average molecular weight is 226 g/mol. The Hall–Kier alpha value is -0.120. The van der Waals surface area contributed by atoms with Crippen LogP contribution in [0, 0.1) is 11.8 Å². The van der Waals surface area contributed by atoms with E-state index in [1.807, 2.05) is 10.9 Å². The smallest absolute Gasteiger partial charge is 0.0463 e. The molecule has 0 amide bonds. The highest BCUT2D eigenvalue weighted by Gasteiger charge is 2.14.